The van der Waals surface area contributed by atoms with Gasteiger partial charge in [0.05, 0.1) is 5.69 Å². The predicted molar refractivity (Wildman–Crippen MR) is 81.2 cm³/mol. The number of nitrogens with zero attached hydrogens (tertiary/aromatic N) is 2. The first kappa shape index (κ1) is 12.6. The van der Waals surface area contributed by atoms with Crippen molar-refractivity contribution in [3.05, 3.63) is 40.4 Å². The number of fused-ring (bicyclic) bond motifs is 1. The van der Waals surface area contributed by atoms with Crippen LogP contribution in [-0.4, -0.2) is 12.0 Å². The Balaban J connectivity index is 1.92. The number of aromatic nitrogens is 1. The van der Waals surface area contributed by atoms with Crippen LogP contribution in [0.5, 0.6) is 0 Å². The van der Waals surface area contributed by atoms with E-state index in [1.807, 2.05) is 0 Å². The van der Waals surface area contributed by atoms with Crippen LogP contribution in [0, 0.1) is 6.92 Å². The van der Waals surface area contributed by atoms with Crippen LogP contribution in [0.25, 0.3) is 0 Å². The Morgan fingerprint density at radius 1 is 1.32 bits per heavy atom. The molecule has 1 atom stereocenters. The van der Waals surface area contributed by atoms with Gasteiger partial charge < -0.3 is 10.6 Å². The van der Waals surface area contributed by atoms with Gasteiger partial charge in [0.2, 0.25) is 0 Å². The quantitative estimate of drug-likeness (QED) is 0.909. The molecule has 0 saturated carbocycles. The summed E-state index contributed by atoms with van der Waals surface area (Å²) in [5.74, 6) is 0. The fraction of sp³-hybridized carbons (Fsp3) is 0.400. The van der Waals surface area contributed by atoms with Crippen LogP contribution in [0.15, 0.2) is 24.3 Å². The largest absolute Gasteiger partial charge is 0.323 e. The predicted octanol–water partition coefficient (Wildman–Crippen LogP) is 3.56. The molecule has 2 aromatic rings. The van der Waals surface area contributed by atoms with E-state index in [-0.39, 0.29) is 6.04 Å². The second kappa shape index (κ2) is 4.94. The van der Waals surface area contributed by atoms with Gasteiger partial charge in [0.15, 0.2) is 5.13 Å². The third-order valence-corrected chi connectivity index (χ3v) is 4.90. The van der Waals surface area contributed by atoms with E-state index in [4.69, 9.17) is 10.7 Å². The molecule has 0 bridgehead atoms. The maximum Gasteiger partial charge on any atom is 0.190 e. The van der Waals surface area contributed by atoms with E-state index in [0.29, 0.717) is 0 Å². The molecule has 1 heterocycles. The first-order valence-electron chi connectivity index (χ1n) is 6.71. The molecule has 19 heavy (non-hydrogen) atoms. The van der Waals surface area contributed by atoms with Crippen molar-refractivity contribution in [1.29, 1.82) is 0 Å². The van der Waals surface area contributed by atoms with E-state index in [2.05, 4.69) is 43.1 Å². The van der Waals surface area contributed by atoms with Crippen molar-refractivity contribution >= 4 is 22.2 Å². The standard InChI is InChI=1S/C15H19N3S/c1-10-6-8-11(9-7-10)18(2)15-17-14-12(16)4-3-5-13(14)19-15/h6-9,12H,3-5,16H2,1-2H3. The molecule has 3 nitrogen and oxygen atoms in total. The maximum atomic E-state index is 6.14. The summed E-state index contributed by atoms with van der Waals surface area (Å²) in [6.07, 6.45) is 3.37. The number of aryl methyl sites for hydroxylation is 2. The van der Waals surface area contributed by atoms with Crippen LogP contribution in [0.2, 0.25) is 0 Å². The average molecular weight is 273 g/mol. The number of nitrogens with two attached hydrogens (primary N) is 1. The van der Waals surface area contributed by atoms with Gasteiger partial charge in [0, 0.05) is 23.7 Å². The lowest BCUT2D eigenvalue weighted by Crippen LogP contribution is -2.17. The fourth-order valence-corrected chi connectivity index (χ4v) is 3.62. The van der Waals surface area contributed by atoms with Crippen LogP contribution in [0.3, 0.4) is 0 Å². The number of thiazole rings is 1. The van der Waals surface area contributed by atoms with Crippen molar-refractivity contribution in [2.45, 2.75) is 32.2 Å². The van der Waals surface area contributed by atoms with E-state index in [1.165, 1.54) is 22.5 Å². The summed E-state index contributed by atoms with van der Waals surface area (Å²) >= 11 is 1.78. The van der Waals surface area contributed by atoms with E-state index in [0.717, 1.165) is 23.7 Å². The highest BCUT2D eigenvalue weighted by atomic mass is 32.1. The van der Waals surface area contributed by atoms with Crippen molar-refractivity contribution in [2.75, 3.05) is 11.9 Å². The van der Waals surface area contributed by atoms with E-state index in [9.17, 15) is 0 Å². The lowest BCUT2D eigenvalue weighted by Gasteiger charge is -2.16. The second-order valence-electron chi connectivity index (χ2n) is 5.20. The first-order valence-corrected chi connectivity index (χ1v) is 7.52. The monoisotopic (exact) mass is 273 g/mol. The number of hydrogen-bond acceptors (Lipinski definition) is 4. The summed E-state index contributed by atoms with van der Waals surface area (Å²) in [5.41, 5.74) is 9.71. The zero-order chi connectivity index (χ0) is 13.4. The summed E-state index contributed by atoms with van der Waals surface area (Å²) in [4.78, 5) is 8.27. The molecule has 100 valence electrons. The number of benzene rings is 1. The second-order valence-corrected chi connectivity index (χ2v) is 6.26. The van der Waals surface area contributed by atoms with Gasteiger partial charge in [-0.2, -0.15) is 0 Å². The molecule has 0 saturated heterocycles. The summed E-state index contributed by atoms with van der Waals surface area (Å²) in [6, 6.07) is 8.65. The summed E-state index contributed by atoms with van der Waals surface area (Å²) in [6.45, 7) is 2.10. The SMILES string of the molecule is Cc1ccc(N(C)c2nc3c(s2)CCCC3N)cc1. The molecular weight excluding hydrogens is 254 g/mol. The number of anilines is 2. The van der Waals surface area contributed by atoms with Crippen molar-refractivity contribution < 1.29 is 0 Å². The van der Waals surface area contributed by atoms with Crippen LogP contribution in [0.1, 0.15) is 35.0 Å². The molecule has 2 N–H and O–H groups in total. The third-order valence-electron chi connectivity index (χ3n) is 3.69. The lowest BCUT2D eigenvalue weighted by molar-refractivity contribution is 0.564. The molecule has 4 heteroatoms. The van der Waals surface area contributed by atoms with Gasteiger partial charge in [-0.05, 0) is 38.3 Å². The zero-order valence-electron chi connectivity index (χ0n) is 11.4. The molecule has 3 rings (SSSR count). The van der Waals surface area contributed by atoms with Gasteiger partial charge in [-0.3, -0.25) is 0 Å². The molecule has 1 aliphatic rings. The van der Waals surface area contributed by atoms with Crippen LogP contribution >= 0.6 is 11.3 Å². The van der Waals surface area contributed by atoms with Gasteiger partial charge in [0.25, 0.3) is 0 Å². The lowest BCUT2D eigenvalue weighted by atomic mass is 9.99. The Labute approximate surface area is 118 Å². The highest BCUT2D eigenvalue weighted by molar-refractivity contribution is 7.15. The highest BCUT2D eigenvalue weighted by Crippen LogP contribution is 2.37. The van der Waals surface area contributed by atoms with Crippen molar-refractivity contribution in [1.82, 2.24) is 4.98 Å². The Morgan fingerprint density at radius 3 is 2.74 bits per heavy atom. The molecule has 1 unspecified atom stereocenters. The Kier molecular flexibility index (Phi) is 3.29. The number of rotatable bonds is 2. The molecule has 0 aliphatic heterocycles. The van der Waals surface area contributed by atoms with Crippen LogP contribution in [-0.2, 0) is 6.42 Å². The Morgan fingerprint density at radius 2 is 2.05 bits per heavy atom. The van der Waals surface area contributed by atoms with Gasteiger partial charge >= 0.3 is 0 Å². The van der Waals surface area contributed by atoms with E-state index >= 15 is 0 Å². The van der Waals surface area contributed by atoms with E-state index in [1.54, 1.807) is 11.3 Å². The summed E-state index contributed by atoms with van der Waals surface area (Å²) < 4.78 is 0. The smallest absolute Gasteiger partial charge is 0.190 e. The van der Waals surface area contributed by atoms with Crippen molar-refractivity contribution in [2.24, 2.45) is 5.73 Å². The first-order chi connectivity index (χ1) is 9.15. The van der Waals surface area contributed by atoms with Gasteiger partial charge in [-0.25, -0.2) is 4.98 Å². The van der Waals surface area contributed by atoms with E-state index < -0.39 is 0 Å². The highest BCUT2D eigenvalue weighted by Gasteiger charge is 2.23. The molecule has 0 amide bonds. The van der Waals surface area contributed by atoms with Crippen molar-refractivity contribution in [3.8, 4) is 0 Å². The van der Waals surface area contributed by atoms with Gasteiger partial charge in [0.1, 0.15) is 0 Å². The number of hydrogen-bond donors (Lipinski definition) is 1. The minimum atomic E-state index is 0.125. The van der Waals surface area contributed by atoms with Crippen LogP contribution in [0.4, 0.5) is 10.8 Å². The van der Waals surface area contributed by atoms with Crippen molar-refractivity contribution in [3.63, 3.8) is 0 Å². The molecule has 1 aliphatic carbocycles. The molecular formula is C15H19N3S. The van der Waals surface area contributed by atoms with Gasteiger partial charge in [-0.15, -0.1) is 11.3 Å². The third kappa shape index (κ3) is 2.38. The minimum Gasteiger partial charge on any atom is -0.323 e. The Hall–Kier alpha value is -1.39. The van der Waals surface area contributed by atoms with Gasteiger partial charge in [-0.1, -0.05) is 17.7 Å². The molecule has 0 fully saturated rings. The maximum absolute atomic E-state index is 6.14. The molecule has 0 radical (unpaired) electrons. The fourth-order valence-electron chi connectivity index (χ4n) is 2.46. The summed E-state index contributed by atoms with van der Waals surface area (Å²) in [5, 5.41) is 1.05. The zero-order valence-corrected chi connectivity index (χ0v) is 12.2. The minimum absolute atomic E-state index is 0.125. The molecule has 1 aromatic heterocycles. The molecule has 1 aromatic carbocycles. The normalized spacial score (nSPS) is 18.2. The summed E-state index contributed by atoms with van der Waals surface area (Å²) in [7, 11) is 2.07. The molecule has 0 spiro atoms. The van der Waals surface area contributed by atoms with Crippen LogP contribution < -0.4 is 10.6 Å². The topological polar surface area (TPSA) is 42.2 Å². The Bertz CT molecular complexity index is 574. The average Bonchev–Trinajstić information content (AvgIpc) is 2.84.